The van der Waals surface area contributed by atoms with Crippen LogP contribution in [0.1, 0.15) is 10.6 Å². The number of carbonyl (C=O) groups is 1. The fraction of sp³-hybridized carbons (Fsp3) is 0.211. The van der Waals surface area contributed by atoms with E-state index in [4.69, 9.17) is 4.42 Å². The highest BCUT2D eigenvalue weighted by atomic mass is 16.3. The molecule has 0 unspecified atom stereocenters. The normalized spacial score (nSPS) is 14.6. The number of hydrogen-bond donors (Lipinski definition) is 0. The Morgan fingerprint density at radius 3 is 2.36 bits per heavy atom. The third-order valence-corrected chi connectivity index (χ3v) is 4.35. The van der Waals surface area contributed by atoms with E-state index < -0.39 is 0 Å². The molecular weight excluding hydrogens is 316 g/mol. The Labute approximate surface area is 145 Å². The molecular formula is C19H18N4O2. The highest BCUT2D eigenvalue weighted by Crippen LogP contribution is 2.26. The van der Waals surface area contributed by atoms with Gasteiger partial charge in [-0.15, -0.1) is 0 Å². The summed E-state index contributed by atoms with van der Waals surface area (Å²) < 4.78 is 5.52. The maximum Gasteiger partial charge on any atom is 0.290 e. The van der Waals surface area contributed by atoms with E-state index in [1.54, 1.807) is 24.7 Å². The highest BCUT2D eigenvalue weighted by Gasteiger charge is 2.27. The molecule has 0 bridgehead atoms. The van der Waals surface area contributed by atoms with Gasteiger partial charge in [0.1, 0.15) is 0 Å². The van der Waals surface area contributed by atoms with Crippen LogP contribution in [-0.4, -0.2) is 47.0 Å². The summed E-state index contributed by atoms with van der Waals surface area (Å²) in [5, 5.41) is 0. The van der Waals surface area contributed by atoms with Crippen LogP contribution in [0, 0.1) is 0 Å². The summed E-state index contributed by atoms with van der Waals surface area (Å²) in [4.78, 5) is 25.3. The number of amides is 1. The number of piperazine rings is 1. The van der Waals surface area contributed by atoms with Crippen molar-refractivity contribution in [2.75, 3.05) is 31.1 Å². The van der Waals surface area contributed by atoms with E-state index in [1.165, 1.54) is 0 Å². The minimum absolute atomic E-state index is 0.0718. The summed E-state index contributed by atoms with van der Waals surface area (Å²) in [7, 11) is 0. The first-order valence-corrected chi connectivity index (χ1v) is 8.27. The fourth-order valence-corrected chi connectivity index (χ4v) is 3.03. The zero-order chi connectivity index (χ0) is 17.1. The molecule has 3 heterocycles. The van der Waals surface area contributed by atoms with Crippen molar-refractivity contribution in [2.45, 2.75) is 0 Å². The summed E-state index contributed by atoms with van der Waals surface area (Å²) in [6, 6.07) is 13.5. The first-order valence-electron chi connectivity index (χ1n) is 8.27. The van der Waals surface area contributed by atoms with Crippen LogP contribution in [0.4, 0.5) is 5.95 Å². The molecule has 126 valence electrons. The average molecular weight is 334 g/mol. The van der Waals surface area contributed by atoms with Crippen LogP contribution in [0.25, 0.3) is 11.1 Å². The van der Waals surface area contributed by atoms with Crippen molar-refractivity contribution in [2.24, 2.45) is 0 Å². The SMILES string of the molecule is O=C(c1occc1-c1ccccc1)N1CCN(c2ncccn2)CC1. The number of rotatable bonds is 3. The van der Waals surface area contributed by atoms with Gasteiger partial charge in [-0.3, -0.25) is 4.79 Å². The van der Waals surface area contributed by atoms with E-state index in [0.29, 0.717) is 37.9 Å². The number of benzene rings is 1. The second kappa shape index (κ2) is 6.76. The topological polar surface area (TPSA) is 62.5 Å². The van der Waals surface area contributed by atoms with Crippen molar-refractivity contribution in [3.8, 4) is 11.1 Å². The Hall–Kier alpha value is -3.15. The van der Waals surface area contributed by atoms with Crippen molar-refractivity contribution in [1.82, 2.24) is 14.9 Å². The molecule has 0 N–H and O–H groups in total. The summed E-state index contributed by atoms with van der Waals surface area (Å²) in [5.74, 6) is 1.03. The number of anilines is 1. The summed E-state index contributed by atoms with van der Waals surface area (Å²) in [6.07, 6.45) is 5.04. The molecule has 1 aliphatic heterocycles. The van der Waals surface area contributed by atoms with Crippen LogP contribution in [0.15, 0.2) is 65.5 Å². The zero-order valence-electron chi connectivity index (χ0n) is 13.7. The van der Waals surface area contributed by atoms with E-state index in [0.717, 1.165) is 11.1 Å². The molecule has 6 heteroatoms. The second-order valence-electron chi connectivity index (χ2n) is 5.86. The zero-order valence-corrected chi connectivity index (χ0v) is 13.7. The largest absolute Gasteiger partial charge is 0.459 e. The van der Waals surface area contributed by atoms with Gasteiger partial charge in [-0.1, -0.05) is 30.3 Å². The standard InChI is InChI=1S/C19H18N4O2/c24-18(17-16(7-14-25-17)15-5-2-1-3-6-15)22-10-12-23(13-11-22)19-20-8-4-9-21-19/h1-9,14H,10-13H2. The van der Waals surface area contributed by atoms with Gasteiger partial charge in [-0.25, -0.2) is 9.97 Å². The van der Waals surface area contributed by atoms with E-state index in [-0.39, 0.29) is 5.91 Å². The number of aromatic nitrogens is 2. The number of hydrogen-bond acceptors (Lipinski definition) is 5. The average Bonchev–Trinajstić information content (AvgIpc) is 3.19. The van der Waals surface area contributed by atoms with Crippen molar-refractivity contribution >= 4 is 11.9 Å². The molecule has 0 atom stereocenters. The third kappa shape index (κ3) is 3.10. The van der Waals surface area contributed by atoms with Gasteiger partial charge in [0, 0.05) is 44.1 Å². The van der Waals surface area contributed by atoms with E-state index in [1.807, 2.05) is 41.3 Å². The molecule has 0 aliphatic carbocycles. The molecule has 0 radical (unpaired) electrons. The molecule has 6 nitrogen and oxygen atoms in total. The first-order chi connectivity index (χ1) is 12.3. The predicted molar refractivity (Wildman–Crippen MR) is 94.3 cm³/mol. The summed E-state index contributed by atoms with van der Waals surface area (Å²) in [6.45, 7) is 2.65. The summed E-state index contributed by atoms with van der Waals surface area (Å²) in [5.41, 5.74) is 1.82. The lowest BCUT2D eigenvalue weighted by atomic mass is 10.1. The van der Waals surface area contributed by atoms with Crippen molar-refractivity contribution in [1.29, 1.82) is 0 Å². The Morgan fingerprint density at radius 1 is 0.920 bits per heavy atom. The minimum atomic E-state index is -0.0718. The smallest absolute Gasteiger partial charge is 0.290 e. The third-order valence-electron chi connectivity index (χ3n) is 4.35. The Bertz CT molecular complexity index is 840. The number of carbonyl (C=O) groups excluding carboxylic acids is 1. The van der Waals surface area contributed by atoms with Crippen LogP contribution in [0.2, 0.25) is 0 Å². The van der Waals surface area contributed by atoms with Gasteiger partial charge in [-0.2, -0.15) is 0 Å². The van der Waals surface area contributed by atoms with Gasteiger partial charge < -0.3 is 14.2 Å². The molecule has 3 aromatic rings. The highest BCUT2D eigenvalue weighted by molar-refractivity contribution is 5.98. The molecule has 0 spiro atoms. The van der Waals surface area contributed by atoms with Gasteiger partial charge in [0.05, 0.1) is 6.26 Å². The molecule has 1 amide bonds. The quantitative estimate of drug-likeness (QED) is 0.737. The second-order valence-corrected chi connectivity index (χ2v) is 5.86. The number of furan rings is 1. The van der Waals surface area contributed by atoms with Crippen LogP contribution in [-0.2, 0) is 0 Å². The van der Waals surface area contributed by atoms with Crippen LogP contribution in [0.3, 0.4) is 0 Å². The van der Waals surface area contributed by atoms with Gasteiger partial charge in [0.25, 0.3) is 5.91 Å². The van der Waals surface area contributed by atoms with Crippen LogP contribution < -0.4 is 4.90 Å². The molecule has 2 aromatic heterocycles. The van der Waals surface area contributed by atoms with Crippen molar-refractivity contribution in [3.63, 3.8) is 0 Å². The lowest BCUT2D eigenvalue weighted by Gasteiger charge is -2.34. The summed E-state index contributed by atoms with van der Waals surface area (Å²) >= 11 is 0. The Kier molecular flexibility index (Phi) is 4.16. The lowest BCUT2D eigenvalue weighted by Crippen LogP contribution is -2.49. The van der Waals surface area contributed by atoms with Crippen molar-refractivity contribution < 1.29 is 9.21 Å². The van der Waals surface area contributed by atoms with Crippen LogP contribution in [0.5, 0.6) is 0 Å². The molecule has 1 aliphatic rings. The minimum Gasteiger partial charge on any atom is -0.459 e. The van der Waals surface area contributed by atoms with Gasteiger partial charge in [0.15, 0.2) is 5.76 Å². The van der Waals surface area contributed by atoms with Gasteiger partial charge in [0.2, 0.25) is 5.95 Å². The predicted octanol–water partition coefficient (Wildman–Crippen LogP) is 2.70. The molecule has 1 fully saturated rings. The van der Waals surface area contributed by atoms with E-state index in [2.05, 4.69) is 14.9 Å². The van der Waals surface area contributed by atoms with Crippen molar-refractivity contribution in [3.05, 3.63) is 66.9 Å². The Morgan fingerprint density at radius 2 is 1.64 bits per heavy atom. The lowest BCUT2D eigenvalue weighted by molar-refractivity contribution is 0.0715. The molecule has 1 saturated heterocycles. The van der Waals surface area contributed by atoms with E-state index in [9.17, 15) is 4.79 Å². The molecule has 25 heavy (non-hydrogen) atoms. The molecule has 0 saturated carbocycles. The van der Waals surface area contributed by atoms with Gasteiger partial charge >= 0.3 is 0 Å². The number of nitrogens with zero attached hydrogens (tertiary/aromatic N) is 4. The maximum atomic E-state index is 12.9. The molecule has 4 rings (SSSR count). The Balaban J connectivity index is 1.48. The van der Waals surface area contributed by atoms with Crippen LogP contribution >= 0.6 is 0 Å². The van der Waals surface area contributed by atoms with E-state index >= 15 is 0 Å². The fourth-order valence-electron chi connectivity index (χ4n) is 3.03. The first kappa shape index (κ1) is 15.4. The molecule has 1 aromatic carbocycles. The van der Waals surface area contributed by atoms with Gasteiger partial charge in [-0.05, 0) is 17.7 Å². The monoisotopic (exact) mass is 334 g/mol. The maximum absolute atomic E-state index is 12.9.